The Balaban J connectivity index is 0.00000264. The Labute approximate surface area is 144 Å². The van der Waals surface area contributed by atoms with Crippen molar-refractivity contribution in [1.29, 1.82) is 0 Å². The molecule has 0 aromatic heterocycles. The molecule has 3 N–H and O–H groups in total. The standard InChI is InChI=1S/C19H24N2O.ClH/c1-14-9-7-8-10-16(14)13-15(2)21-18(22)19(3,20)17-11-5-4-6-12-17;/h4-12,15H,13,20H2,1-3H3,(H,21,22);1H. The Hall–Kier alpha value is -1.84. The molecule has 0 fully saturated rings. The van der Waals surface area contributed by atoms with E-state index in [0.717, 1.165) is 12.0 Å². The Morgan fingerprint density at radius 3 is 2.30 bits per heavy atom. The van der Waals surface area contributed by atoms with Crippen molar-refractivity contribution in [3.05, 3.63) is 71.3 Å². The second kappa shape index (κ2) is 8.14. The number of amides is 1. The third-order valence-electron chi connectivity index (χ3n) is 4.01. The summed E-state index contributed by atoms with van der Waals surface area (Å²) in [6.45, 7) is 5.84. The van der Waals surface area contributed by atoms with Gasteiger partial charge in [0.15, 0.2) is 0 Å². The van der Waals surface area contributed by atoms with E-state index < -0.39 is 5.54 Å². The summed E-state index contributed by atoms with van der Waals surface area (Å²) in [7, 11) is 0. The van der Waals surface area contributed by atoms with Gasteiger partial charge in [-0.25, -0.2) is 0 Å². The first-order valence-corrected chi connectivity index (χ1v) is 7.61. The Bertz CT molecular complexity index is 641. The minimum absolute atomic E-state index is 0. The van der Waals surface area contributed by atoms with Crippen LogP contribution < -0.4 is 11.1 Å². The molecule has 0 aliphatic rings. The maximum absolute atomic E-state index is 12.5. The molecule has 2 rings (SSSR count). The summed E-state index contributed by atoms with van der Waals surface area (Å²) in [4.78, 5) is 12.5. The van der Waals surface area contributed by atoms with Crippen LogP contribution >= 0.6 is 12.4 Å². The summed E-state index contributed by atoms with van der Waals surface area (Å²) in [5, 5.41) is 3.03. The SMILES string of the molecule is Cc1ccccc1CC(C)NC(=O)C(C)(N)c1ccccc1.Cl. The zero-order valence-electron chi connectivity index (χ0n) is 13.9. The van der Waals surface area contributed by atoms with E-state index in [0.29, 0.717) is 0 Å². The second-order valence-corrected chi connectivity index (χ2v) is 6.07. The molecule has 2 aromatic rings. The second-order valence-electron chi connectivity index (χ2n) is 6.07. The molecule has 0 aliphatic carbocycles. The van der Waals surface area contributed by atoms with Crippen molar-refractivity contribution in [1.82, 2.24) is 5.32 Å². The first-order valence-electron chi connectivity index (χ1n) is 7.61. The number of rotatable bonds is 5. The third-order valence-corrected chi connectivity index (χ3v) is 4.01. The van der Waals surface area contributed by atoms with Crippen LogP contribution in [-0.4, -0.2) is 11.9 Å². The van der Waals surface area contributed by atoms with E-state index in [1.165, 1.54) is 11.1 Å². The van der Waals surface area contributed by atoms with Crippen LogP contribution in [0.1, 0.15) is 30.5 Å². The van der Waals surface area contributed by atoms with Gasteiger partial charge in [-0.05, 0) is 43.9 Å². The highest BCUT2D eigenvalue weighted by Gasteiger charge is 2.31. The van der Waals surface area contributed by atoms with Gasteiger partial charge in [-0.3, -0.25) is 4.79 Å². The Kier molecular flexibility index (Phi) is 6.79. The molecule has 0 aliphatic heterocycles. The van der Waals surface area contributed by atoms with Gasteiger partial charge >= 0.3 is 0 Å². The van der Waals surface area contributed by atoms with E-state index >= 15 is 0 Å². The highest BCUT2D eigenvalue weighted by atomic mass is 35.5. The lowest BCUT2D eigenvalue weighted by atomic mass is 9.91. The van der Waals surface area contributed by atoms with Crippen LogP contribution in [0.2, 0.25) is 0 Å². The average molecular weight is 333 g/mol. The van der Waals surface area contributed by atoms with Gasteiger partial charge in [0.05, 0.1) is 0 Å². The van der Waals surface area contributed by atoms with Gasteiger partial charge in [0, 0.05) is 6.04 Å². The maximum atomic E-state index is 12.5. The van der Waals surface area contributed by atoms with E-state index in [2.05, 4.69) is 24.4 Å². The average Bonchev–Trinajstić information content (AvgIpc) is 2.50. The number of benzene rings is 2. The zero-order chi connectivity index (χ0) is 16.2. The molecule has 0 bridgehead atoms. The van der Waals surface area contributed by atoms with Crippen LogP contribution in [0.5, 0.6) is 0 Å². The maximum Gasteiger partial charge on any atom is 0.244 e. The van der Waals surface area contributed by atoms with Gasteiger partial charge in [0.1, 0.15) is 5.54 Å². The first kappa shape index (κ1) is 19.2. The lowest BCUT2D eigenvalue weighted by Gasteiger charge is -2.26. The molecule has 2 aromatic carbocycles. The highest BCUT2D eigenvalue weighted by molar-refractivity contribution is 5.87. The number of hydrogen-bond acceptors (Lipinski definition) is 2. The quantitative estimate of drug-likeness (QED) is 0.882. The minimum atomic E-state index is -1.03. The number of nitrogens with one attached hydrogen (secondary N) is 1. The lowest BCUT2D eigenvalue weighted by Crippen LogP contribution is -2.51. The summed E-state index contributed by atoms with van der Waals surface area (Å²) in [5.41, 5.74) is 8.51. The number of hydrogen-bond donors (Lipinski definition) is 2. The summed E-state index contributed by atoms with van der Waals surface area (Å²) < 4.78 is 0. The Morgan fingerprint density at radius 2 is 1.70 bits per heavy atom. The molecular formula is C19H25ClN2O. The summed E-state index contributed by atoms with van der Waals surface area (Å²) in [6, 6.07) is 17.7. The van der Waals surface area contributed by atoms with Crippen LogP contribution in [-0.2, 0) is 16.8 Å². The number of nitrogens with two attached hydrogens (primary N) is 1. The van der Waals surface area contributed by atoms with Crippen LogP contribution in [0.4, 0.5) is 0 Å². The van der Waals surface area contributed by atoms with Crippen LogP contribution in [0, 0.1) is 6.92 Å². The minimum Gasteiger partial charge on any atom is -0.351 e. The summed E-state index contributed by atoms with van der Waals surface area (Å²) in [6.07, 6.45) is 0.795. The Morgan fingerprint density at radius 1 is 1.13 bits per heavy atom. The molecule has 23 heavy (non-hydrogen) atoms. The van der Waals surface area contributed by atoms with E-state index in [1.54, 1.807) is 6.92 Å². The van der Waals surface area contributed by atoms with Crippen molar-refractivity contribution in [3.63, 3.8) is 0 Å². The first-order chi connectivity index (χ1) is 10.4. The fourth-order valence-electron chi connectivity index (χ4n) is 2.51. The zero-order valence-corrected chi connectivity index (χ0v) is 14.7. The molecule has 124 valence electrons. The van der Waals surface area contributed by atoms with Crippen molar-refractivity contribution < 1.29 is 4.79 Å². The van der Waals surface area contributed by atoms with Crippen LogP contribution in [0.25, 0.3) is 0 Å². The van der Waals surface area contributed by atoms with Crippen molar-refractivity contribution in [2.75, 3.05) is 0 Å². The molecule has 2 unspecified atom stereocenters. The molecule has 4 heteroatoms. The lowest BCUT2D eigenvalue weighted by molar-refractivity contribution is -0.126. The molecular weight excluding hydrogens is 308 g/mol. The predicted octanol–water partition coefficient (Wildman–Crippen LogP) is 3.34. The summed E-state index contributed by atoms with van der Waals surface area (Å²) >= 11 is 0. The van der Waals surface area contributed by atoms with E-state index in [4.69, 9.17) is 5.73 Å². The smallest absolute Gasteiger partial charge is 0.244 e. The van der Waals surface area contributed by atoms with Gasteiger partial charge < -0.3 is 11.1 Å². The van der Waals surface area contributed by atoms with Crippen molar-refractivity contribution in [2.24, 2.45) is 5.73 Å². The monoisotopic (exact) mass is 332 g/mol. The number of aryl methyl sites for hydroxylation is 1. The van der Waals surface area contributed by atoms with Gasteiger partial charge in [0.25, 0.3) is 0 Å². The largest absolute Gasteiger partial charge is 0.351 e. The molecule has 3 nitrogen and oxygen atoms in total. The van der Waals surface area contributed by atoms with Crippen LogP contribution in [0.15, 0.2) is 54.6 Å². The van der Waals surface area contributed by atoms with Crippen LogP contribution in [0.3, 0.4) is 0 Å². The highest BCUT2D eigenvalue weighted by Crippen LogP contribution is 2.18. The fourth-order valence-corrected chi connectivity index (χ4v) is 2.51. The number of halogens is 1. The van der Waals surface area contributed by atoms with E-state index in [9.17, 15) is 4.79 Å². The van der Waals surface area contributed by atoms with Gasteiger partial charge in [-0.1, -0.05) is 54.6 Å². The third kappa shape index (κ3) is 4.81. The van der Waals surface area contributed by atoms with Gasteiger partial charge in [-0.15, -0.1) is 12.4 Å². The van der Waals surface area contributed by atoms with E-state index in [1.807, 2.05) is 49.4 Å². The van der Waals surface area contributed by atoms with E-state index in [-0.39, 0.29) is 24.4 Å². The number of carbonyl (C=O) groups excluding carboxylic acids is 1. The molecule has 2 atom stereocenters. The topological polar surface area (TPSA) is 55.1 Å². The normalized spacial score (nSPS) is 14.3. The molecule has 0 radical (unpaired) electrons. The molecule has 0 saturated heterocycles. The molecule has 1 amide bonds. The molecule has 0 saturated carbocycles. The molecule has 0 heterocycles. The number of carbonyl (C=O) groups is 1. The van der Waals surface area contributed by atoms with Crippen molar-refractivity contribution in [2.45, 2.75) is 38.8 Å². The van der Waals surface area contributed by atoms with Gasteiger partial charge in [-0.2, -0.15) is 0 Å². The van der Waals surface area contributed by atoms with Crippen molar-refractivity contribution >= 4 is 18.3 Å². The fraction of sp³-hybridized carbons (Fsp3) is 0.316. The predicted molar refractivity (Wildman–Crippen MR) is 97.7 cm³/mol. The molecule has 0 spiro atoms. The van der Waals surface area contributed by atoms with Gasteiger partial charge in [0.2, 0.25) is 5.91 Å². The summed E-state index contributed by atoms with van der Waals surface area (Å²) in [5.74, 6) is -0.153. The van der Waals surface area contributed by atoms with Crippen molar-refractivity contribution in [3.8, 4) is 0 Å².